The minimum absolute atomic E-state index is 0.470. The number of hydrogen-bond acceptors (Lipinski definition) is 2. The molecule has 0 unspecified atom stereocenters. The number of rotatable bonds is 3. The lowest BCUT2D eigenvalue weighted by atomic mass is 9.85. The molecule has 1 heterocycles. The van der Waals surface area contributed by atoms with E-state index < -0.39 is 0 Å². The maximum absolute atomic E-state index is 6.34. The topological polar surface area (TPSA) is 29.3 Å². The summed E-state index contributed by atoms with van der Waals surface area (Å²) >= 11 is 6.34. The van der Waals surface area contributed by atoms with Crippen LogP contribution in [0.2, 0.25) is 5.02 Å². The van der Waals surface area contributed by atoms with E-state index in [1.54, 1.807) is 0 Å². The fourth-order valence-corrected chi connectivity index (χ4v) is 3.04. The van der Waals surface area contributed by atoms with Gasteiger partial charge in [0.2, 0.25) is 0 Å². The molecule has 1 saturated heterocycles. The van der Waals surface area contributed by atoms with Crippen LogP contribution in [-0.2, 0) is 6.42 Å². The molecule has 1 fully saturated rings. The highest BCUT2D eigenvalue weighted by atomic mass is 35.5. The smallest absolute Gasteiger partial charge is 0.0459 e. The molecule has 1 aliphatic heterocycles. The van der Waals surface area contributed by atoms with Crippen LogP contribution < -0.4 is 10.6 Å². The highest BCUT2D eigenvalue weighted by Crippen LogP contribution is 2.32. The third kappa shape index (κ3) is 3.87. The molecule has 1 aromatic rings. The summed E-state index contributed by atoms with van der Waals surface area (Å²) in [4.78, 5) is 2.47. The van der Waals surface area contributed by atoms with Crippen LogP contribution in [0.1, 0.15) is 38.7 Å². The summed E-state index contributed by atoms with van der Waals surface area (Å²) < 4.78 is 0. The Hall–Kier alpha value is -0.730. The van der Waals surface area contributed by atoms with Gasteiger partial charge >= 0.3 is 0 Å². The maximum Gasteiger partial charge on any atom is 0.0459 e. The Labute approximate surface area is 121 Å². The standard InChI is InChI=1S/C16H25ClN2/c1-16(2)7-3-10-19(11-8-16)14-5-4-13(6-9-18)15(17)12-14/h4-5,12H,3,6-11,18H2,1-2H3. The third-order valence-electron chi connectivity index (χ3n) is 4.16. The molecule has 2 nitrogen and oxygen atoms in total. The van der Waals surface area contributed by atoms with Crippen molar-refractivity contribution in [3.05, 3.63) is 28.8 Å². The van der Waals surface area contributed by atoms with Gasteiger partial charge < -0.3 is 10.6 Å². The van der Waals surface area contributed by atoms with Crippen molar-refractivity contribution in [2.24, 2.45) is 11.1 Å². The Bertz CT molecular complexity index is 429. The first-order valence-electron chi connectivity index (χ1n) is 7.25. The molecule has 106 valence electrons. The van der Waals surface area contributed by atoms with Crippen molar-refractivity contribution in [3.8, 4) is 0 Å². The van der Waals surface area contributed by atoms with Crippen molar-refractivity contribution < 1.29 is 0 Å². The Morgan fingerprint density at radius 3 is 2.74 bits per heavy atom. The molecule has 0 spiro atoms. The fourth-order valence-electron chi connectivity index (χ4n) is 2.77. The van der Waals surface area contributed by atoms with Gasteiger partial charge in [-0.15, -0.1) is 0 Å². The summed E-state index contributed by atoms with van der Waals surface area (Å²) in [7, 11) is 0. The molecule has 0 bridgehead atoms. The summed E-state index contributed by atoms with van der Waals surface area (Å²) in [6, 6.07) is 6.42. The van der Waals surface area contributed by atoms with Crippen molar-refractivity contribution in [1.29, 1.82) is 0 Å². The van der Waals surface area contributed by atoms with Crippen LogP contribution in [-0.4, -0.2) is 19.6 Å². The van der Waals surface area contributed by atoms with Crippen LogP contribution in [0.4, 0.5) is 5.69 Å². The van der Waals surface area contributed by atoms with E-state index in [-0.39, 0.29) is 0 Å². The van der Waals surface area contributed by atoms with Crippen LogP contribution in [0.5, 0.6) is 0 Å². The van der Waals surface area contributed by atoms with E-state index in [2.05, 4.69) is 36.9 Å². The number of halogens is 1. The van der Waals surface area contributed by atoms with Gasteiger partial charge in [-0.05, 0) is 55.3 Å². The van der Waals surface area contributed by atoms with E-state index in [1.165, 1.54) is 24.9 Å². The normalized spacial score (nSPS) is 19.3. The Kier molecular flexibility index (Phi) is 4.75. The van der Waals surface area contributed by atoms with E-state index >= 15 is 0 Å². The van der Waals surface area contributed by atoms with Crippen LogP contribution in [0.25, 0.3) is 0 Å². The Balaban J connectivity index is 2.11. The van der Waals surface area contributed by atoms with Crippen molar-refractivity contribution in [3.63, 3.8) is 0 Å². The summed E-state index contributed by atoms with van der Waals surface area (Å²) in [6.07, 6.45) is 4.67. The van der Waals surface area contributed by atoms with E-state index in [0.717, 1.165) is 30.1 Å². The quantitative estimate of drug-likeness (QED) is 0.911. The first-order chi connectivity index (χ1) is 9.02. The van der Waals surface area contributed by atoms with Crippen molar-refractivity contribution >= 4 is 17.3 Å². The Morgan fingerprint density at radius 1 is 1.26 bits per heavy atom. The predicted molar refractivity (Wildman–Crippen MR) is 84.1 cm³/mol. The molecule has 19 heavy (non-hydrogen) atoms. The van der Waals surface area contributed by atoms with Crippen molar-refractivity contribution in [1.82, 2.24) is 0 Å². The minimum atomic E-state index is 0.470. The molecule has 0 atom stereocenters. The molecule has 0 saturated carbocycles. The number of nitrogens with zero attached hydrogens (tertiary/aromatic N) is 1. The van der Waals surface area contributed by atoms with Crippen molar-refractivity contribution in [2.75, 3.05) is 24.5 Å². The summed E-state index contributed by atoms with van der Waals surface area (Å²) in [5.41, 5.74) is 8.47. The van der Waals surface area contributed by atoms with Crippen molar-refractivity contribution in [2.45, 2.75) is 39.5 Å². The molecule has 1 aliphatic rings. The largest absolute Gasteiger partial charge is 0.371 e. The number of anilines is 1. The van der Waals surface area contributed by atoms with Gasteiger partial charge in [0.05, 0.1) is 0 Å². The van der Waals surface area contributed by atoms with E-state index in [1.807, 2.05) is 0 Å². The van der Waals surface area contributed by atoms with Gasteiger partial charge in [-0.25, -0.2) is 0 Å². The van der Waals surface area contributed by atoms with Gasteiger partial charge in [-0.1, -0.05) is 31.5 Å². The highest BCUT2D eigenvalue weighted by molar-refractivity contribution is 6.31. The molecule has 0 amide bonds. The van der Waals surface area contributed by atoms with Gasteiger partial charge in [0.15, 0.2) is 0 Å². The van der Waals surface area contributed by atoms with Gasteiger partial charge in [-0.3, -0.25) is 0 Å². The lowest BCUT2D eigenvalue weighted by Crippen LogP contribution is -2.25. The monoisotopic (exact) mass is 280 g/mol. The van der Waals surface area contributed by atoms with Crippen LogP contribution in [0.15, 0.2) is 18.2 Å². The molecule has 3 heteroatoms. The highest BCUT2D eigenvalue weighted by Gasteiger charge is 2.23. The molecule has 2 N–H and O–H groups in total. The predicted octanol–water partition coefficient (Wildman–Crippen LogP) is 3.86. The van der Waals surface area contributed by atoms with Gasteiger partial charge in [0.25, 0.3) is 0 Å². The van der Waals surface area contributed by atoms with Gasteiger partial charge in [0, 0.05) is 23.8 Å². The second-order valence-electron chi connectivity index (χ2n) is 6.32. The lowest BCUT2D eigenvalue weighted by Gasteiger charge is -2.25. The SMILES string of the molecule is CC1(C)CCCN(c2ccc(CCN)c(Cl)c2)CC1. The Morgan fingerprint density at radius 2 is 2.05 bits per heavy atom. The minimum Gasteiger partial charge on any atom is -0.371 e. The maximum atomic E-state index is 6.34. The first kappa shape index (κ1) is 14.7. The van der Waals surface area contributed by atoms with E-state index in [4.69, 9.17) is 17.3 Å². The summed E-state index contributed by atoms with van der Waals surface area (Å²) in [5, 5.41) is 0.853. The zero-order valence-corrected chi connectivity index (χ0v) is 12.8. The molecule has 1 aromatic carbocycles. The second kappa shape index (κ2) is 6.15. The lowest BCUT2D eigenvalue weighted by molar-refractivity contribution is 0.325. The molecule has 0 aliphatic carbocycles. The van der Waals surface area contributed by atoms with Crippen LogP contribution in [0, 0.1) is 5.41 Å². The third-order valence-corrected chi connectivity index (χ3v) is 4.51. The molecule has 0 radical (unpaired) electrons. The average Bonchev–Trinajstić information content (AvgIpc) is 2.53. The molecular weight excluding hydrogens is 256 g/mol. The molecular formula is C16H25ClN2. The zero-order valence-electron chi connectivity index (χ0n) is 12.1. The van der Waals surface area contributed by atoms with Crippen LogP contribution >= 0.6 is 11.6 Å². The second-order valence-corrected chi connectivity index (χ2v) is 6.73. The van der Waals surface area contributed by atoms with Gasteiger partial charge in [-0.2, -0.15) is 0 Å². The number of nitrogens with two attached hydrogens (primary N) is 1. The van der Waals surface area contributed by atoms with E-state index in [0.29, 0.717) is 12.0 Å². The summed E-state index contributed by atoms with van der Waals surface area (Å²) in [6.45, 7) is 7.65. The average molecular weight is 281 g/mol. The number of benzene rings is 1. The van der Waals surface area contributed by atoms with Gasteiger partial charge in [0.1, 0.15) is 0 Å². The van der Waals surface area contributed by atoms with E-state index in [9.17, 15) is 0 Å². The molecule has 0 aromatic heterocycles. The first-order valence-corrected chi connectivity index (χ1v) is 7.63. The number of hydrogen-bond donors (Lipinski definition) is 1. The fraction of sp³-hybridized carbons (Fsp3) is 0.625. The summed E-state index contributed by atoms with van der Waals surface area (Å²) in [5.74, 6) is 0. The van der Waals surface area contributed by atoms with Crippen LogP contribution in [0.3, 0.4) is 0 Å². The zero-order chi connectivity index (χ0) is 13.9. The molecule has 2 rings (SSSR count).